The fourth-order valence-electron chi connectivity index (χ4n) is 1.62. The number of H-pyrrole nitrogens is 1. The summed E-state index contributed by atoms with van der Waals surface area (Å²) in [6, 6.07) is 1.65. The first-order chi connectivity index (χ1) is 8.50. The van der Waals surface area contributed by atoms with E-state index in [9.17, 15) is 14.4 Å². The molecule has 18 heavy (non-hydrogen) atoms. The van der Waals surface area contributed by atoms with Crippen molar-refractivity contribution in [2.45, 2.75) is 13.8 Å². The molecule has 0 bridgehead atoms. The van der Waals surface area contributed by atoms with Crippen molar-refractivity contribution < 1.29 is 4.79 Å². The van der Waals surface area contributed by atoms with Gasteiger partial charge in [-0.3, -0.25) is 14.6 Å². The number of rotatable bonds is 2. The van der Waals surface area contributed by atoms with E-state index < -0.39 is 17.0 Å². The van der Waals surface area contributed by atoms with Gasteiger partial charge in [0.25, 0.3) is 5.56 Å². The lowest BCUT2D eigenvalue weighted by atomic mass is 10.2. The number of nitrogens with one attached hydrogen (secondary N) is 1. The van der Waals surface area contributed by atoms with Crippen LogP contribution in [0.5, 0.6) is 0 Å². The maximum atomic E-state index is 12.0. The number of nitrogens with zero attached hydrogens (tertiary/aromatic N) is 2. The van der Waals surface area contributed by atoms with Gasteiger partial charge in [0.1, 0.15) is 0 Å². The number of carbonyl (C=O) groups excluding carboxylic acids is 1. The minimum atomic E-state index is -0.640. The van der Waals surface area contributed by atoms with Gasteiger partial charge in [0.05, 0.1) is 17.4 Å². The highest BCUT2D eigenvalue weighted by Gasteiger charge is 2.12. The summed E-state index contributed by atoms with van der Waals surface area (Å²) in [5, 5.41) is 0. The minimum absolute atomic E-state index is 0.0592. The molecule has 1 N–H and O–H groups in total. The molecule has 0 aromatic carbocycles. The van der Waals surface area contributed by atoms with Crippen LogP contribution in [-0.2, 0) is 0 Å². The number of ketones is 1. The van der Waals surface area contributed by atoms with Gasteiger partial charge >= 0.3 is 5.69 Å². The predicted molar refractivity (Wildman–Crippen MR) is 65.2 cm³/mol. The lowest BCUT2D eigenvalue weighted by Crippen LogP contribution is -2.36. The van der Waals surface area contributed by atoms with E-state index in [4.69, 9.17) is 0 Å². The summed E-state index contributed by atoms with van der Waals surface area (Å²) < 4.78 is 0.900. The van der Waals surface area contributed by atoms with Crippen LogP contribution in [0.3, 0.4) is 0 Å². The third-order valence-corrected chi connectivity index (χ3v) is 2.47. The zero-order valence-corrected chi connectivity index (χ0v) is 9.93. The highest BCUT2D eigenvalue weighted by Crippen LogP contribution is 2.03. The van der Waals surface area contributed by atoms with Crippen molar-refractivity contribution in [3.63, 3.8) is 0 Å². The minimum Gasteiger partial charge on any atom is -0.313 e. The lowest BCUT2D eigenvalue weighted by molar-refractivity contribution is 0.101. The second-order valence-electron chi connectivity index (χ2n) is 3.92. The van der Waals surface area contributed by atoms with Crippen LogP contribution in [0.4, 0.5) is 0 Å². The van der Waals surface area contributed by atoms with Gasteiger partial charge in [-0.25, -0.2) is 9.36 Å². The summed E-state index contributed by atoms with van der Waals surface area (Å²) in [6.45, 7) is 3.07. The Morgan fingerprint density at radius 2 is 2.06 bits per heavy atom. The average Bonchev–Trinajstić information content (AvgIpc) is 2.28. The number of aromatic amines is 1. The van der Waals surface area contributed by atoms with Crippen LogP contribution in [0.25, 0.3) is 5.69 Å². The van der Waals surface area contributed by atoms with Crippen molar-refractivity contribution >= 4 is 5.78 Å². The van der Waals surface area contributed by atoms with Crippen molar-refractivity contribution in [2.24, 2.45) is 0 Å². The summed E-state index contributed by atoms with van der Waals surface area (Å²) in [4.78, 5) is 41.3. The van der Waals surface area contributed by atoms with E-state index in [1.807, 2.05) is 0 Å². The Morgan fingerprint density at radius 1 is 1.33 bits per heavy atom. The third kappa shape index (κ3) is 2.00. The molecule has 2 aromatic rings. The Bertz CT molecular complexity index is 728. The van der Waals surface area contributed by atoms with Crippen molar-refractivity contribution in [1.29, 1.82) is 0 Å². The van der Waals surface area contributed by atoms with Crippen LogP contribution in [0.15, 0.2) is 34.2 Å². The zero-order chi connectivity index (χ0) is 13.3. The molecule has 2 heterocycles. The summed E-state index contributed by atoms with van der Waals surface area (Å²) in [6.07, 6.45) is 4.14. The van der Waals surface area contributed by atoms with Crippen LogP contribution in [0.2, 0.25) is 0 Å². The van der Waals surface area contributed by atoms with Crippen LogP contribution in [0, 0.1) is 6.92 Å². The Morgan fingerprint density at radius 3 is 2.67 bits per heavy atom. The van der Waals surface area contributed by atoms with Gasteiger partial charge in [-0.05, 0) is 25.5 Å². The molecule has 0 unspecified atom stereocenters. The molecule has 2 aromatic heterocycles. The smallest absolute Gasteiger partial charge is 0.313 e. The average molecular weight is 245 g/mol. The molecular weight excluding hydrogens is 234 g/mol. The Labute approximate surface area is 102 Å². The van der Waals surface area contributed by atoms with E-state index in [1.165, 1.54) is 13.1 Å². The largest absolute Gasteiger partial charge is 0.333 e. The summed E-state index contributed by atoms with van der Waals surface area (Å²) in [5.41, 5.74) is -0.150. The SMILES string of the molecule is CC(=O)c1c[nH]c(=O)n(-c2cncc(C)c2)c1=O. The fraction of sp³-hybridized carbons (Fsp3) is 0.167. The number of pyridine rings is 1. The summed E-state index contributed by atoms with van der Waals surface area (Å²) >= 11 is 0. The molecule has 0 amide bonds. The first kappa shape index (κ1) is 12.0. The van der Waals surface area contributed by atoms with Gasteiger partial charge in [-0.2, -0.15) is 0 Å². The van der Waals surface area contributed by atoms with Crippen LogP contribution < -0.4 is 11.2 Å². The normalized spacial score (nSPS) is 10.3. The van der Waals surface area contributed by atoms with Gasteiger partial charge in [0.15, 0.2) is 5.78 Å². The Kier molecular flexibility index (Phi) is 2.93. The molecule has 0 aliphatic carbocycles. The Balaban J connectivity index is 2.79. The monoisotopic (exact) mass is 245 g/mol. The number of hydrogen-bond donors (Lipinski definition) is 1. The van der Waals surface area contributed by atoms with Crippen LogP contribution in [0.1, 0.15) is 22.8 Å². The van der Waals surface area contributed by atoms with Gasteiger partial charge < -0.3 is 4.98 Å². The van der Waals surface area contributed by atoms with Gasteiger partial charge in [-0.15, -0.1) is 0 Å². The molecule has 2 rings (SSSR count). The molecule has 0 aliphatic heterocycles. The molecule has 0 radical (unpaired) electrons. The maximum absolute atomic E-state index is 12.0. The van der Waals surface area contributed by atoms with E-state index in [0.717, 1.165) is 16.3 Å². The summed E-state index contributed by atoms with van der Waals surface area (Å²) in [7, 11) is 0. The fourth-order valence-corrected chi connectivity index (χ4v) is 1.62. The number of hydrogen-bond acceptors (Lipinski definition) is 4. The second kappa shape index (κ2) is 4.40. The van der Waals surface area contributed by atoms with Crippen LogP contribution in [-0.4, -0.2) is 20.3 Å². The second-order valence-corrected chi connectivity index (χ2v) is 3.92. The number of Topliss-reactive ketones (excluding diaryl/α,β-unsaturated/α-hetero) is 1. The van der Waals surface area contributed by atoms with Crippen molar-refractivity contribution in [1.82, 2.24) is 14.5 Å². The van der Waals surface area contributed by atoms with Crippen molar-refractivity contribution in [3.8, 4) is 5.69 Å². The van der Waals surface area contributed by atoms with Gasteiger partial charge in [-0.1, -0.05) is 0 Å². The molecule has 0 saturated heterocycles. The van der Waals surface area contributed by atoms with Crippen molar-refractivity contribution in [2.75, 3.05) is 0 Å². The zero-order valence-electron chi connectivity index (χ0n) is 9.93. The van der Waals surface area contributed by atoms with E-state index in [0.29, 0.717) is 5.69 Å². The molecule has 92 valence electrons. The number of aryl methyl sites for hydroxylation is 1. The van der Waals surface area contributed by atoms with Crippen LogP contribution >= 0.6 is 0 Å². The molecule has 0 spiro atoms. The number of carbonyl (C=O) groups is 1. The van der Waals surface area contributed by atoms with Crippen molar-refractivity contribution in [3.05, 3.63) is 56.6 Å². The molecule has 0 aliphatic rings. The van der Waals surface area contributed by atoms with E-state index in [2.05, 4.69) is 9.97 Å². The van der Waals surface area contributed by atoms with E-state index >= 15 is 0 Å². The quantitative estimate of drug-likeness (QED) is 0.777. The Hall–Kier alpha value is -2.50. The molecule has 0 saturated carbocycles. The van der Waals surface area contributed by atoms with E-state index in [-0.39, 0.29) is 5.56 Å². The highest BCUT2D eigenvalue weighted by molar-refractivity contribution is 5.93. The molecule has 0 fully saturated rings. The van der Waals surface area contributed by atoms with Gasteiger partial charge in [0.2, 0.25) is 0 Å². The number of aromatic nitrogens is 3. The first-order valence-corrected chi connectivity index (χ1v) is 5.28. The topological polar surface area (TPSA) is 84.8 Å². The molecule has 0 atom stereocenters. The molecule has 6 nitrogen and oxygen atoms in total. The molecular formula is C12H11N3O3. The lowest BCUT2D eigenvalue weighted by Gasteiger charge is -2.05. The summed E-state index contributed by atoms with van der Waals surface area (Å²) in [5.74, 6) is -0.398. The predicted octanol–water partition coefficient (Wildman–Crippen LogP) is 0.432. The first-order valence-electron chi connectivity index (χ1n) is 5.28. The van der Waals surface area contributed by atoms with E-state index in [1.54, 1.807) is 19.2 Å². The van der Waals surface area contributed by atoms with Gasteiger partial charge in [0, 0.05) is 12.4 Å². The third-order valence-electron chi connectivity index (χ3n) is 2.47. The standard InChI is InChI=1S/C12H11N3O3/c1-7-3-9(5-13-4-7)15-11(17)10(8(2)16)6-14-12(15)18/h3-6H,1-2H3,(H,14,18). The highest BCUT2D eigenvalue weighted by atomic mass is 16.2. The maximum Gasteiger partial charge on any atom is 0.333 e. The molecule has 6 heteroatoms.